The lowest BCUT2D eigenvalue weighted by molar-refractivity contribution is 0.0876. The Morgan fingerprint density at radius 3 is 2.85 bits per heavy atom. The quantitative estimate of drug-likeness (QED) is 0.673. The standard InChI is InChI=1S/C19H21N5O2/c1-10-12-7-11-9-21-14(20)8-13(11)22-15(12)18(26)24-16(10)17(25)23-19(24)5-3-2-4-6-19/h8-9,22H,2-7H2,1H3,(H2,20,21)(H,23,25)/i7D2. The van der Waals surface area contributed by atoms with Crippen molar-refractivity contribution < 1.29 is 7.54 Å². The van der Waals surface area contributed by atoms with Gasteiger partial charge in [-0.25, -0.2) is 4.98 Å². The number of hydrogen-bond acceptors (Lipinski definition) is 5. The number of nitrogen functional groups attached to an aromatic ring is 1. The van der Waals surface area contributed by atoms with Crippen LogP contribution in [0.15, 0.2) is 17.1 Å². The number of rotatable bonds is 0. The Kier molecular flexibility index (Phi) is 2.62. The Balaban J connectivity index is 1.83. The van der Waals surface area contributed by atoms with Gasteiger partial charge >= 0.3 is 0 Å². The molecule has 2 aliphatic heterocycles. The molecule has 26 heavy (non-hydrogen) atoms. The van der Waals surface area contributed by atoms with Crippen molar-refractivity contribution in [3.05, 3.63) is 45.0 Å². The summed E-state index contributed by atoms with van der Waals surface area (Å²) in [6.07, 6.45) is 3.75. The van der Waals surface area contributed by atoms with Gasteiger partial charge in [0, 0.05) is 27.1 Å². The molecule has 4 N–H and O–H groups in total. The topological polar surface area (TPSA) is 102 Å². The first kappa shape index (κ1) is 13.4. The second-order valence-electron chi connectivity index (χ2n) is 7.32. The first-order valence-corrected chi connectivity index (χ1v) is 8.92. The van der Waals surface area contributed by atoms with Crippen LogP contribution in [0.4, 0.5) is 17.2 Å². The molecule has 0 unspecified atom stereocenters. The van der Waals surface area contributed by atoms with Crippen molar-refractivity contribution in [3.8, 4) is 0 Å². The Morgan fingerprint density at radius 2 is 2.08 bits per heavy atom. The van der Waals surface area contributed by atoms with Gasteiger partial charge in [-0.2, -0.15) is 0 Å². The molecular weight excluding hydrogens is 330 g/mol. The number of nitrogens with one attached hydrogen (secondary N) is 2. The van der Waals surface area contributed by atoms with Crippen LogP contribution in [0.1, 0.15) is 62.0 Å². The van der Waals surface area contributed by atoms with E-state index in [1.807, 2.05) is 0 Å². The highest BCUT2D eigenvalue weighted by molar-refractivity contribution is 5.98. The number of carbonyl (C=O) groups is 1. The molecule has 0 radical (unpaired) electrons. The summed E-state index contributed by atoms with van der Waals surface area (Å²) in [6.45, 7) is 1.71. The van der Waals surface area contributed by atoms with Crippen LogP contribution in [0.3, 0.4) is 0 Å². The monoisotopic (exact) mass is 353 g/mol. The number of amides is 1. The highest BCUT2D eigenvalue weighted by Gasteiger charge is 2.46. The van der Waals surface area contributed by atoms with Gasteiger partial charge in [-0.1, -0.05) is 6.42 Å². The molecule has 1 saturated carbocycles. The molecule has 134 valence electrons. The fourth-order valence-electron chi connectivity index (χ4n) is 4.50. The third-order valence-electron chi connectivity index (χ3n) is 5.74. The second kappa shape index (κ2) is 5.09. The van der Waals surface area contributed by atoms with Crippen molar-refractivity contribution in [1.82, 2.24) is 14.9 Å². The van der Waals surface area contributed by atoms with E-state index >= 15 is 0 Å². The number of pyridine rings is 2. The summed E-state index contributed by atoms with van der Waals surface area (Å²) in [5, 5.41) is 6.12. The molecule has 1 fully saturated rings. The zero-order valence-corrected chi connectivity index (χ0v) is 14.5. The number of nitrogens with zero attached hydrogens (tertiary/aromatic N) is 2. The summed E-state index contributed by atoms with van der Waals surface area (Å²) in [5.74, 6) is -0.0691. The molecule has 4 heterocycles. The van der Waals surface area contributed by atoms with Crippen molar-refractivity contribution in [2.24, 2.45) is 0 Å². The van der Waals surface area contributed by atoms with Crippen molar-refractivity contribution >= 4 is 23.1 Å². The molecule has 0 aromatic carbocycles. The Hall–Kier alpha value is -2.83. The van der Waals surface area contributed by atoms with Crippen LogP contribution in [0.5, 0.6) is 0 Å². The van der Waals surface area contributed by atoms with E-state index in [4.69, 9.17) is 8.48 Å². The molecule has 7 heteroatoms. The van der Waals surface area contributed by atoms with Crippen LogP contribution >= 0.6 is 0 Å². The molecule has 3 aliphatic rings. The smallest absolute Gasteiger partial charge is 0.277 e. The number of hydrogen-bond donors (Lipinski definition) is 3. The predicted molar refractivity (Wildman–Crippen MR) is 98.7 cm³/mol. The maximum absolute atomic E-state index is 13.6. The third-order valence-corrected chi connectivity index (χ3v) is 5.74. The molecule has 0 atom stereocenters. The van der Waals surface area contributed by atoms with Crippen LogP contribution in [0, 0.1) is 6.92 Å². The molecule has 1 amide bonds. The normalized spacial score (nSPS) is 22.4. The lowest BCUT2D eigenvalue weighted by Gasteiger charge is -2.36. The molecule has 0 saturated heterocycles. The third kappa shape index (κ3) is 1.91. The second-order valence-corrected chi connectivity index (χ2v) is 7.32. The van der Waals surface area contributed by atoms with E-state index in [1.54, 1.807) is 11.5 Å². The fourth-order valence-corrected chi connectivity index (χ4v) is 4.50. The highest BCUT2D eigenvalue weighted by atomic mass is 16.2. The molecule has 7 nitrogen and oxygen atoms in total. The number of nitrogens with two attached hydrogens (primary N) is 1. The van der Waals surface area contributed by atoms with Crippen molar-refractivity contribution in [1.29, 1.82) is 0 Å². The van der Waals surface area contributed by atoms with Crippen molar-refractivity contribution in [2.45, 2.75) is 51.1 Å². The van der Waals surface area contributed by atoms with E-state index in [2.05, 4.69) is 15.6 Å². The first-order chi connectivity index (χ1) is 13.3. The minimum absolute atomic E-state index is 0.172. The fraction of sp³-hybridized carbons (Fsp3) is 0.421. The number of fused-ring (bicyclic) bond motifs is 4. The molecular formula is C19H21N5O2. The number of aromatic nitrogens is 2. The summed E-state index contributed by atoms with van der Waals surface area (Å²) in [4.78, 5) is 30.4. The predicted octanol–water partition coefficient (Wildman–Crippen LogP) is 2.14. The minimum Gasteiger partial charge on any atom is -0.384 e. The van der Waals surface area contributed by atoms with Crippen LogP contribution in [0.2, 0.25) is 0 Å². The highest BCUT2D eigenvalue weighted by Crippen LogP contribution is 2.40. The Bertz CT molecular complexity index is 1100. The van der Waals surface area contributed by atoms with Crippen LogP contribution in [-0.4, -0.2) is 15.5 Å². The van der Waals surface area contributed by atoms with Crippen molar-refractivity contribution in [2.75, 3.05) is 11.1 Å². The van der Waals surface area contributed by atoms with E-state index in [1.165, 1.54) is 12.3 Å². The number of carbonyl (C=O) groups excluding carboxylic acids is 1. The van der Waals surface area contributed by atoms with E-state index in [0.29, 0.717) is 29.7 Å². The summed E-state index contributed by atoms with van der Waals surface area (Å²) in [6, 6.07) is 1.53. The summed E-state index contributed by atoms with van der Waals surface area (Å²) in [5.41, 5.74) is 6.52. The molecule has 1 aliphatic carbocycles. The minimum atomic E-state index is -1.97. The zero-order chi connectivity index (χ0) is 19.8. The van der Waals surface area contributed by atoms with Gasteiger partial charge in [0.05, 0.1) is 0 Å². The SMILES string of the molecule is [2H]C1([2H])c2cnc(N)cc2Nc2c1c(C)c1n(c2=O)C2(CCCCC2)NC1=O. The van der Waals surface area contributed by atoms with Crippen LogP contribution in [-0.2, 0) is 12.0 Å². The maximum Gasteiger partial charge on any atom is 0.277 e. The van der Waals surface area contributed by atoms with Gasteiger partial charge in [0.15, 0.2) is 0 Å². The average molecular weight is 353 g/mol. The number of anilines is 3. The van der Waals surface area contributed by atoms with Gasteiger partial charge in [-0.05, 0) is 49.3 Å². The van der Waals surface area contributed by atoms with Crippen LogP contribution < -0.4 is 21.9 Å². The van der Waals surface area contributed by atoms with E-state index in [-0.39, 0.29) is 34.2 Å². The van der Waals surface area contributed by atoms with E-state index in [0.717, 1.165) is 19.3 Å². The maximum atomic E-state index is 13.6. The Morgan fingerprint density at radius 1 is 1.31 bits per heavy atom. The molecule has 2 aromatic heterocycles. The van der Waals surface area contributed by atoms with Crippen molar-refractivity contribution in [3.63, 3.8) is 0 Å². The molecule has 2 aromatic rings. The summed E-state index contributed by atoms with van der Waals surface area (Å²) in [7, 11) is 0. The summed E-state index contributed by atoms with van der Waals surface area (Å²) < 4.78 is 19.0. The molecule has 1 spiro atoms. The van der Waals surface area contributed by atoms with Crippen LogP contribution in [0.25, 0.3) is 0 Å². The van der Waals surface area contributed by atoms with Gasteiger partial charge in [-0.15, -0.1) is 0 Å². The van der Waals surface area contributed by atoms with Gasteiger partial charge in [-0.3, -0.25) is 14.2 Å². The average Bonchev–Trinajstić information content (AvgIpc) is 2.91. The van der Waals surface area contributed by atoms with Gasteiger partial charge in [0.25, 0.3) is 11.5 Å². The first-order valence-electron chi connectivity index (χ1n) is 9.92. The Labute approximate surface area is 153 Å². The molecule has 0 bridgehead atoms. The van der Waals surface area contributed by atoms with Gasteiger partial charge < -0.3 is 16.4 Å². The molecule has 5 rings (SSSR count). The lowest BCUT2D eigenvalue weighted by atomic mass is 9.88. The lowest BCUT2D eigenvalue weighted by Crippen LogP contribution is -2.49. The van der Waals surface area contributed by atoms with E-state index in [9.17, 15) is 9.59 Å². The van der Waals surface area contributed by atoms with E-state index < -0.39 is 12.0 Å². The zero-order valence-electron chi connectivity index (χ0n) is 16.5. The largest absolute Gasteiger partial charge is 0.384 e. The van der Waals surface area contributed by atoms with Gasteiger partial charge in [0.2, 0.25) is 0 Å². The summed E-state index contributed by atoms with van der Waals surface area (Å²) >= 11 is 0. The van der Waals surface area contributed by atoms with Gasteiger partial charge in [0.1, 0.15) is 22.9 Å².